The Hall–Kier alpha value is -2.30. The summed E-state index contributed by atoms with van der Waals surface area (Å²) in [5, 5.41) is 3.28. The molecule has 0 saturated carbocycles. The Morgan fingerprint density at radius 1 is 1.33 bits per heavy atom. The van der Waals surface area contributed by atoms with Crippen LogP contribution in [-0.4, -0.2) is 30.2 Å². The largest absolute Gasteiger partial charge is 0.493 e. The van der Waals surface area contributed by atoms with Crippen LogP contribution in [0.15, 0.2) is 24.5 Å². The first-order valence-electron chi connectivity index (χ1n) is 7.22. The lowest BCUT2D eigenvalue weighted by Crippen LogP contribution is -2.05. The Morgan fingerprint density at radius 3 is 3.05 bits per heavy atom. The van der Waals surface area contributed by atoms with Gasteiger partial charge >= 0.3 is 0 Å². The van der Waals surface area contributed by atoms with Gasteiger partial charge in [0.15, 0.2) is 11.6 Å². The number of benzene rings is 1. The molecule has 1 aromatic carbocycles. The lowest BCUT2D eigenvalue weighted by atomic mass is 10.1. The second-order valence-electron chi connectivity index (χ2n) is 4.95. The third-order valence-electron chi connectivity index (χ3n) is 3.51. The van der Waals surface area contributed by atoms with Gasteiger partial charge in [-0.05, 0) is 30.2 Å². The SMILES string of the molecule is CCCNc1ncnc(-c2ccc3c(c2)CCO3)c1OC. The summed E-state index contributed by atoms with van der Waals surface area (Å²) in [5.41, 5.74) is 3.05. The maximum Gasteiger partial charge on any atom is 0.187 e. The van der Waals surface area contributed by atoms with Gasteiger partial charge in [0.25, 0.3) is 0 Å². The van der Waals surface area contributed by atoms with E-state index in [2.05, 4.69) is 28.3 Å². The highest BCUT2D eigenvalue weighted by molar-refractivity contribution is 5.73. The van der Waals surface area contributed by atoms with E-state index in [1.54, 1.807) is 13.4 Å². The Labute approximate surface area is 124 Å². The first-order chi connectivity index (χ1) is 10.3. The van der Waals surface area contributed by atoms with Gasteiger partial charge in [0.2, 0.25) is 0 Å². The van der Waals surface area contributed by atoms with Gasteiger partial charge in [-0.3, -0.25) is 0 Å². The van der Waals surface area contributed by atoms with Gasteiger partial charge in [-0.2, -0.15) is 0 Å². The molecule has 1 N–H and O–H groups in total. The van der Waals surface area contributed by atoms with Gasteiger partial charge in [0.05, 0.1) is 13.7 Å². The van der Waals surface area contributed by atoms with Gasteiger partial charge in [-0.1, -0.05) is 6.92 Å². The summed E-state index contributed by atoms with van der Waals surface area (Å²) in [6.07, 6.45) is 3.54. The number of fused-ring (bicyclic) bond motifs is 1. The highest BCUT2D eigenvalue weighted by atomic mass is 16.5. The predicted octanol–water partition coefficient (Wildman–Crippen LogP) is 2.91. The lowest BCUT2D eigenvalue weighted by Gasteiger charge is -2.13. The Kier molecular flexibility index (Phi) is 3.90. The summed E-state index contributed by atoms with van der Waals surface area (Å²) >= 11 is 0. The van der Waals surface area contributed by atoms with E-state index < -0.39 is 0 Å². The molecule has 1 aromatic heterocycles. The molecule has 21 heavy (non-hydrogen) atoms. The van der Waals surface area contributed by atoms with Crippen molar-refractivity contribution in [3.8, 4) is 22.8 Å². The Morgan fingerprint density at radius 2 is 2.24 bits per heavy atom. The lowest BCUT2D eigenvalue weighted by molar-refractivity contribution is 0.357. The quantitative estimate of drug-likeness (QED) is 0.915. The number of hydrogen-bond acceptors (Lipinski definition) is 5. The average molecular weight is 285 g/mol. The molecule has 5 nitrogen and oxygen atoms in total. The normalized spacial score (nSPS) is 12.7. The zero-order valence-corrected chi connectivity index (χ0v) is 12.3. The Bertz CT molecular complexity index is 643. The van der Waals surface area contributed by atoms with E-state index >= 15 is 0 Å². The number of aromatic nitrogens is 2. The molecule has 110 valence electrons. The maximum absolute atomic E-state index is 5.55. The molecule has 2 aromatic rings. The fraction of sp³-hybridized carbons (Fsp3) is 0.375. The highest BCUT2D eigenvalue weighted by Gasteiger charge is 2.17. The van der Waals surface area contributed by atoms with Crippen LogP contribution in [0.5, 0.6) is 11.5 Å². The van der Waals surface area contributed by atoms with Crippen molar-refractivity contribution in [1.29, 1.82) is 0 Å². The second kappa shape index (κ2) is 5.99. The number of nitrogens with zero attached hydrogens (tertiary/aromatic N) is 2. The summed E-state index contributed by atoms with van der Waals surface area (Å²) in [6, 6.07) is 6.13. The van der Waals surface area contributed by atoms with Crippen molar-refractivity contribution in [3.05, 3.63) is 30.1 Å². The van der Waals surface area contributed by atoms with E-state index in [0.29, 0.717) is 5.75 Å². The third kappa shape index (κ3) is 2.63. The molecule has 5 heteroatoms. The Balaban J connectivity index is 2.01. The molecule has 0 radical (unpaired) electrons. The van der Waals surface area contributed by atoms with Crippen LogP contribution in [0.25, 0.3) is 11.3 Å². The molecule has 1 aliphatic heterocycles. The van der Waals surface area contributed by atoms with E-state index in [0.717, 1.165) is 48.8 Å². The second-order valence-corrected chi connectivity index (χ2v) is 4.95. The minimum atomic E-state index is 0.685. The number of methoxy groups -OCH3 is 1. The van der Waals surface area contributed by atoms with Crippen molar-refractivity contribution in [3.63, 3.8) is 0 Å². The van der Waals surface area contributed by atoms with E-state index in [1.807, 2.05) is 12.1 Å². The van der Waals surface area contributed by atoms with Gasteiger partial charge < -0.3 is 14.8 Å². The molecular formula is C16H19N3O2. The van der Waals surface area contributed by atoms with Crippen LogP contribution >= 0.6 is 0 Å². The highest BCUT2D eigenvalue weighted by Crippen LogP contribution is 2.36. The van der Waals surface area contributed by atoms with Gasteiger partial charge in [0, 0.05) is 18.5 Å². The molecule has 0 amide bonds. The zero-order chi connectivity index (χ0) is 14.7. The number of hydrogen-bond donors (Lipinski definition) is 1. The molecule has 0 atom stereocenters. The van der Waals surface area contributed by atoms with Crippen molar-refractivity contribution in [1.82, 2.24) is 9.97 Å². The van der Waals surface area contributed by atoms with Gasteiger partial charge in [-0.15, -0.1) is 0 Å². The molecule has 0 spiro atoms. The third-order valence-corrected chi connectivity index (χ3v) is 3.51. The predicted molar refractivity (Wildman–Crippen MR) is 82.0 cm³/mol. The molecule has 0 unspecified atom stereocenters. The topological polar surface area (TPSA) is 56.3 Å². The first kappa shape index (κ1) is 13.7. The van der Waals surface area contributed by atoms with Crippen molar-refractivity contribution in [2.75, 3.05) is 25.6 Å². The molecule has 0 aliphatic carbocycles. The number of nitrogens with one attached hydrogen (secondary N) is 1. The molecule has 2 heterocycles. The first-order valence-corrected chi connectivity index (χ1v) is 7.22. The summed E-state index contributed by atoms with van der Waals surface area (Å²) in [7, 11) is 1.65. The number of anilines is 1. The molecule has 0 saturated heterocycles. The van der Waals surface area contributed by atoms with Crippen molar-refractivity contribution < 1.29 is 9.47 Å². The molecular weight excluding hydrogens is 266 g/mol. The standard InChI is InChI=1S/C16H19N3O2/c1-3-7-17-16-15(20-2)14(18-10-19-16)12-4-5-13-11(9-12)6-8-21-13/h4-5,9-10H,3,6-8H2,1-2H3,(H,17,18,19). The van der Waals surface area contributed by atoms with Crippen LogP contribution in [0.2, 0.25) is 0 Å². The van der Waals surface area contributed by atoms with E-state index in [9.17, 15) is 0 Å². The monoisotopic (exact) mass is 285 g/mol. The zero-order valence-electron chi connectivity index (χ0n) is 12.3. The van der Waals surface area contributed by atoms with Crippen LogP contribution in [0, 0.1) is 0 Å². The van der Waals surface area contributed by atoms with Gasteiger partial charge in [0.1, 0.15) is 17.8 Å². The summed E-state index contributed by atoms with van der Waals surface area (Å²) in [4.78, 5) is 8.67. The minimum Gasteiger partial charge on any atom is -0.493 e. The van der Waals surface area contributed by atoms with E-state index in [1.165, 1.54) is 5.56 Å². The molecule has 3 rings (SSSR count). The minimum absolute atomic E-state index is 0.685. The summed E-state index contributed by atoms with van der Waals surface area (Å²) in [6.45, 7) is 3.72. The van der Waals surface area contributed by atoms with Crippen LogP contribution < -0.4 is 14.8 Å². The molecule has 0 bridgehead atoms. The van der Waals surface area contributed by atoms with Gasteiger partial charge in [-0.25, -0.2) is 9.97 Å². The molecule has 0 fully saturated rings. The average Bonchev–Trinajstić information content (AvgIpc) is 2.99. The van der Waals surface area contributed by atoms with E-state index in [-0.39, 0.29) is 0 Å². The summed E-state index contributed by atoms with van der Waals surface area (Å²) < 4.78 is 11.1. The fourth-order valence-electron chi connectivity index (χ4n) is 2.48. The fourth-order valence-corrected chi connectivity index (χ4v) is 2.48. The number of ether oxygens (including phenoxy) is 2. The maximum atomic E-state index is 5.55. The van der Waals surface area contributed by atoms with E-state index in [4.69, 9.17) is 9.47 Å². The van der Waals surface area contributed by atoms with Crippen LogP contribution in [0.1, 0.15) is 18.9 Å². The van der Waals surface area contributed by atoms with Crippen molar-refractivity contribution in [2.45, 2.75) is 19.8 Å². The smallest absolute Gasteiger partial charge is 0.187 e. The number of rotatable bonds is 5. The van der Waals surface area contributed by atoms with Crippen LogP contribution in [-0.2, 0) is 6.42 Å². The summed E-state index contributed by atoms with van der Waals surface area (Å²) in [5.74, 6) is 2.39. The molecule has 1 aliphatic rings. The van der Waals surface area contributed by atoms with Crippen molar-refractivity contribution in [2.24, 2.45) is 0 Å². The van der Waals surface area contributed by atoms with Crippen LogP contribution in [0.4, 0.5) is 5.82 Å². The van der Waals surface area contributed by atoms with Crippen LogP contribution in [0.3, 0.4) is 0 Å². The van der Waals surface area contributed by atoms with Crippen molar-refractivity contribution >= 4 is 5.82 Å².